The van der Waals surface area contributed by atoms with Gasteiger partial charge in [0.05, 0.1) is 0 Å². The lowest BCUT2D eigenvalue weighted by Crippen LogP contribution is -2.30. The molecule has 27 heavy (non-hydrogen) atoms. The van der Waals surface area contributed by atoms with Crippen molar-refractivity contribution in [1.82, 2.24) is 10.2 Å². The molecule has 1 aliphatic heterocycles. The molecule has 1 saturated heterocycles. The molecule has 1 fully saturated rings. The average Bonchev–Trinajstić information content (AvgIpc) is 3.08. The van der Waals surface area contributed by atoms with Crippen LogP contribution in [0.25, 0.3) is 11.1 Å². The fraction of sp³-hybridized carbons (Fsp3) is 0.364. The smallest absolute Gasteiger partial charge is 0.251 e. The van der Waals surface area contributed by atoms with Crippen molar-refractivity contribution < 1.29 is 14.7 Å². The summed E-state index contributed by atoms with van der Waals surface area (Å²) in [5.74, 6) is 0.410. The molecule has 2 N–H and O–H groups in total. The van der Waals surface area contributed by atoms with Crippen molar-refractivity contribution >= 4 is 11.8 Å². The van der Waals surface area contributed by atoms with Gasteiger partial charge in [0.1, 0.15) is 5.75 Å². The second-order valence-corrected chi connectivity index (χ2v) is 7.05. The Morgan fingerprint density at radius 2 is 1.85 bits per heavy atom. The quantitative estimate of drug-likeness (QED) is 0.770. The molecule has 3 rings (SSSR count). The van der Waals surface area contributed by atoms with Gasteiger partial charge in [0.15, 0.2) is 0 Å². The van der Waals surface area contributed by atoms with Crippen LogP contribution in [-0.4, -0.2) is 41.5 Å². The highest BCUT2D eigenvalue weighted by molar-refractivity contribution is 5.94. The van der Waals surface area contributed by atoms with Crippen LogP contribution in [0, 0.1) is 13.8 Å². The first-order valence-corrected chi connectivity index (χ1v) is 9.43. The lowest BCUT2D eigenvalue weighted by molar-refractivity contribution is -0.127. The molecule has 0 spiro atoms. The first-order valence-electron chi connectivity index (χ1n) is 9.43. The van der Waals surface area contributed by atoms with Crippen molar-refractivity contribution in [3.8, 4) is 16.9 Å². The normalized spacial score (nSPS) is 13.9. The standard InChI is InChI=1S/C22H26N2O3/c1-15-16(2)20(25)11-10-19(15)17-6-8-18(9-7-17)22(27)23-12-4-14-24-13-3-5-21(24)26/h6-11,25H,3-5,12-14H2,1-2H3,(H,23,27). The third kappa shape index (κ3) is 4.30. The van der Waals surface area contributed by atoms with Crippen molar-refractivity contribution in [3.63, 3.8) is 0 Å². The molecule has 0 aromatic heterocycles. The molecule has 0 unspecified atom stereocenters. The number of aromatic hydroxyl groups is 1. The Morgan fingerprint density at radius 1 is 1.11 bits per heavy atom. The maximum absolute atomic E-state index is 12.3. The number of benzene rings is 2. The van der Waals surface area contributed by atoms with Gasteiger partial charge >= 0.3 is 0 Å². The molecule has 0 saturated carbocycles. The molecule has 142 valence electrons. The predicted molar refractivity (Wildman–Crippen MR) is 106 cm³/mol. The highest BCUT2D eigenvalue weighted by atomic mass is 16.3. The number of phenolic OH excluding ortho intramolecular Hbond substituents is 1. The van der Waals surface area contributed by atoms with Gasteiger partial charge in [-0.25, -0.2) is 0 Å². The summed E-state index contributed by atoms with van der Waals surface area (Å²) in [4.78, 5) is 25.7. The Hall–Kier alpha value is -2.82. The first-order chi connectivity index (χ1) is 13.0. The lowest BCUT2D eigenvalue weighted by Gasteiger charge is -2.15. The molecule has 0 aliphatic carbocycles. The number of nitrogens with zero attached hydrogens (tertiary/aromatic N) is 1. The molecule has 0 atom stereocenters. The maximum atomic E-state index is 12.3. The minimum absolute atomic E-state index is 0.104. The number of rotatable bonds is 6. The summed E-state index contributed by atoms with van der Waals surface area (Å²) in [6.07, 6.45) is 2.36. The van der Waals surface area contributed by atoms with Crippen LogP contribution in [0.15, 0.2) is 36.4 Å². The van der Waals surface area contributed by atoms with E-state index in [9.17, 15) is 14.7 Å². The largest absolute Gasteiger partial charge is 0.508 e. The number of likely N-dealkylation sites (tertiary alicyclic amines) is 1. The summed E-state index contributed by atoms with van der Waals surface area (Å²) in [5, 5.41) is 12.7. The second kappa shape index (κ2) is 8.25. The number of phenols is 1. The summed E-state index contributed by atoms with van der Waals surface area (Å²) >= 11 is 0. The zero-order valence-electron chi connectivity index (χ0n) is 15.9. The topological polar surface area (TPSA) is 69.6 Å². The average molecular weight is 366 g/mol. The number of nitrogens with one attached hydrogen (secondary N) is 1. The van der Waals surface area contributed by atoms with Gasteiger partial charge in [0.25, 0.3) is 5.91 Å². The van der Waals surface area contributed by atoms with Gasteiger partial charge in [0.2, 0.25) is 5.91 Å². The Morgan fingerprint density at radius 3 is 2.52 bits per heavy atom. The third-order valence-electron chi connectivity index (χ3n) is 5.28. The van der Waals surface area contributed by atoms with E-state index in [2.05, 4.69) is 5.32 Å². The van der Waals surface area contributed by atoms with Gasteiger partial charge in [-0.2, -0.15) is 0 Å². The summed E-state index contributed by atoms with van der Waals surface area (Å²) in [6.45, 7) is 5.98. The van der Waals surface area contributed by atoms with Crippen molar-refractivity contribution in [3.05, 3.63) is 53.1 Å². The highest BCUT2D eigenvalue weighted by Crippen LogP contribution is 2.30. The van der Waals surface area contributed by atoms with Crippen LogP contribution in [0.1, 0.15) is 40.7 Å². The van der Waals surface area contributed by atoms with Crippen LogP contribution < -0.4 is 5.32 Å². The van der Waals surface area contributed by atoms with Crippen LogP contribution >= 0.6 is 0 Å². The van der Waals surface area contributed by atoms with E-state index in [1.54, 1.807) is 6.07 Å². The molecule has 1 aliphatic rings. The Kier molecular flexibility index (Phi) is 5.79. The summed E-state index contributed by atoms with van der Waals surface area (Å²) in [5.41, 5.74) is 4.57. The predicted octanol–water partition coefficient (Wildman–Crippen LogP) is 3.42. The van der Waals surface area contributed by atoms with E-state index in [4.69, 9.17) is 0 Å². The van der Waals surface area contributed by atoms with Gasteiger partial charge in [0, 0.05) is 31.6 Å². The molecular formula is C22H26N2O3. The van der Waals surface area contributed by atoms with E-state index in [1.165, 1.54) is 0 Å². The van der Waals surface area contributed by atoms with Crippen molar-refractivity contribution in [2.75, 3.05) is 19.6 Å². The van der Waals surface area contributed by atoms with E-state index in [0.717, 1.165) is 41.6 Å². The lowest BCUT2D eigenvalue weighted by atomic mass is 9.96. The number of carbonyl (C=O) groups excluding carboxylic acids is 2. The zero-order valence-corrected chi connectivity index (χ0v) is 15.9. The Balaban J connectivity index is 1.56. The van der Waals surface area contributed by atoms with E-state index < -0.39 is 0 Å². The van der Waals surface area contributed by atoms with E-state index >= 15 is 0 Å². The summed E-state index contributed by atoms with van der Waals surface area (Å²) in [6, 6.07) is 11.1. The Labute approximate surface area is 160 Å². The van der Waals surface area contributed by atoms with Crippen LogP contribution in [0.4, 0.5) is 0 Å². The molecule has 1 heterocycles. The van der Waals surface area contributed by atoms with E-state index in [1.807, 2.05) is 49.1 Å². The molecule has 2 aromatic rings. The number of amides is 2. The second-order valence-electron chi connectivity index (χ2n) is 7.05. The fourth-order valence-corrected chi connectivity index (χ4v) is 3.43. The van der Waals surface area contributed by atoms with Crippen molar-refractivity contribution in [1.29, 1.82) is 0 Å². The molecule has 2 amide bonds. The number of hydrogen-bond acceptors (Lipinski definition) is 3. The Bertz CT molecular complexity index is 843. The first kappa shape index (κ1) is 19.0. The molecule has 0 radical (unpaired) electrons. The molecule has 5 heteroatoms. The van der Waals surface area contributed by atoms with Crippen molar-refractivity contribution in [2.24, 2.45) is 0 Å². The molecule has 5 nitrogen and oxygen atoms in total. The van der Waals surface area contributed by atoms with Crippen LogP contribution in [0.3, 0.4) is 0 Å². The van der Waals surface area contributed by atoms with Gasteiger partial charge in [-0.1, -0.05) is 18.2 Å². The van der Waals surface area contributed by atoms with Crippen LogP contribution in [-0.2, 0) is 4.79 Å². The van der Waals surface area contributed by atoms with Crippen LogP contribution in [0.5, 0.6) is 5.75 Å². The van der Waals surface area contributed by atoms with Crippen molar-refractivity contribution in [2.45, 2.75) is 33.1 Å². The number of hydrogen-bond donors (Lipinski definition) is 2. The molecular weight excluding hydrogens is 340 g/mol. The summed E-state index contributed by atoms with van der Waals surface area (Å²) in [7, 11) is 0. The third-order valence-corrected chi connectivity index (χ3v) is 5.28. The minimum Gasteiger partial charge on any atom is -0.508 e. The van der Waals surface area contributed by atoms with E-state index in [-0.39, 0.29) is 11.8 Å². The fourth-order valence-electron chi connectivity index (χ4n) is 3.43. The highest BCUT2D eigenvalue weighted by Gasteiger charge is 2.19. The van der Waals surface area contributed by atoms with E-state index in [0.29, 0.717) is 30.8 Å². The van der Waals surface area contributed by atoms with Gasteiger partial charge < -0.3 is 15.3 Å². The molecule has 0 bridgehead atoms. The van der Waals surface area contributed by atoms with Crippen LogP contribution in [0.2, 0.25) is 0 Å². The zero-order chi connectivity index (χ0) is 19.4. The number of carbonyl (C=O) groups is 2. The summed E-state index contributed by atoms with van der Waals surface area (Å²) < 4.78 is 0. The SMILES string of the molecule is Cc1c(O)ccc(-c2ccc(C(=O)NCCCN3CCCC3=O)cc2)c1C. The van der Waals surface area contributed by atoms with Gasteiger partial charge in [-0.15, -0.1) is 0 Å². The van der Waals surface area contributed by atoms with Gasteiger partial charge in [-0.05, 0) is 67.1 Å². The van der Waals surface area contributed by atoms with Gasteiger partial charge in [-0.3, -0.25) is 9.59 Å². The minimum atomic E-state index is -0.104. The maximum Gasteiger partial charge on any atom is 0.251 e. The monoisotopic (exact) mass is 366 g/mol. The molecule has 2 aromatic carbocycles.